The first kappa shape index (κ1) is 17.7. The summed E-state index contributed by atoms with van der Waals surface area (Å²) >= 11 is 1.63. The molecule has 1 N–H and O–H groups in total. The zero-order valence-corrected chi connectivity index (χ0v) is 15.5. The van der Waals surface area contributed by atoms with Gasteiger partial charge in [-0.1, -0.05) is 19.1 Å². The molecule has 2 aromatic carbocycles. The van der Waals surface area contributed by atoms with Crippen LogP contribution in [0.25, 0.3) is 0 Å². The van der Waals surface area contributed by atoms with Crippen LogP contribution in [0.15, 0.2) is 54.6 Å². The molecule has 0 radical (unpaired) electrons. The molecule has 1 unspecified atom stereocenters. The molecule has 2 heterocycles. The average molecular weight is 384 g/mol. The van der Waals surface area contributed by atoms with Crippen LogP contribution in [0.2, 0.25) is 0 Å². The lowest BCUT2D eigenvalue weighted by molar-refractivity contribution is 0.0669. The fourth-order valence-electron chi connectivity index (χ4n) is 3.23. The summed E-state index contributed by atoms with van der Waals surface area (Å²) in [7, 11) is 0. The molecule has 1 aromatic heterocycles. The predicted molar refractivity (Wildman–Crippen MR) is 103 cm³/mol. The van der Waals surface area contributed by atoms with E-state index in [0.29, 0.717) is 17.8 Å². The second-order valence-corrected chi connectivity index (χ2v) is 7.65. The lowest BCUT2D eigenvalue weighted by atomic mass is 10.1. The number of amides is 1. The van der Waals surface area contributed by atoms with E-state index in [0.717, 1.165) is 16.9 Å². The summed E-state index contributed by atoms with van der Waals surface area (Å²) in [6, 6.07) is 14.3. The highest BCUT2D eigenvalue weighted by Crippen LogP contribution is 2.37. The zero-order chi connectivity index (χ0) is 19.0. The van der Waals surface area contributed by atoms with Crippen LogP contribution in [-0.4, -0.2) is 10.8 Å². The van der Waals surface area contributed by atoms with E-state index in [1.807, 2.05) is 12.1 Å². The number of hydrogen-bond donors (Lipinski definition) is 1. The maximum absolute atomic E-state index is 13.7. The van der Waals surface area contributed by atoms with E-state index >= 15 is 0 Å². The molecular weight excluding hydrogens is 366 g/mol. The van der Waals surface area contributed by atoms with Gasteiger partial charge in [0.25, 0.3) is 5.91 Å². The Hall–Kier alpha value is -2.73. The SMILES string of the molecule is CCc1ccc(C2Nc3cc(F)ccc3C(=O)N2Cc2ccc(F)cc2)s1. The zero-order valence-electron chi connectivity index (χ0n) is 14.7. The Morgan fingerprint density at radius 3 is 2.48 bits per heavy atom. The van der Waals surface area contributed by atoms with Gasteiger partial charge in [-0.25, -0.2) is 8.78 Å². The molecule has 4 rings (SSSR count). The van der Waals surface area contributed by atoms with Crippen molar-refractivity contribution in [1.82, 2.24) is 4.90 Å². The first-order valence-electron chi connectivity index (χ1n) is 8.75. The highest BCUT2D eigenvalue weighted by Gasteiger charge is 2.34. The van der Waals surface area contributed by atoms with Gasteiger partial charge in [-0.05, 0) is 54.4 Å². The molecule has 1 aliphatic heterocycles. The molecule has 1 atom stereocenters. The van der Waals surface area contributed by atoms with Crippen LogP contribution in [0.3, 0.4) is 0 Å². The van der Waals surface area contributed by atoms with Gasteiger partial charge in [-0.3, -0.25) is 4.79 Å². The number of hydrogen-bond acceptors (Lipinski definition) is 3. The Kier molecular flexibility index (Phi) is 4.66. The molecule has 0 aliphatic carbocycles. The number of halogens is 2. The quantitative estimate of drug-likeness (QED) is 0.657. The minimum atomic E-state index is -0.401. The van der Waals surface area contributed by atoms with Crippen LogP contribution >= 0.6 is 11.3 Å². The van der Waals surface area contributed by atoms with Crippen molar-refractivity contribution >= 4 is 22.9 Å². The minimum absolute atomic E-state index is 0.176. The number of nitrogens with zero attached hydrogens (tertiary/aromatic N) is 1. The normalized spacial score (nSPS) is 16.2. The highest BCUT2D eigenvalue weighted by molar-refractivity contribution is 7.12. The van der Waals surface area contributed by atoms with Crippen molar-refractivity contribution in [2.24, 2.45) is 0 Å². The lowest BCUT2D eigenvalue weighted by Crippen LogP contribution is -2.42. The number of fused-ring (bicyclic) bond motifs is 1. The molecule has 6 heteroatoms. The van der Waals surface area contributed by atoms with Crippen LogP contribution in [-0.2, 0) is 13.0 Å². The Labute approximate surface area is 160 Å². The van der Waals surface area contributed by atoms with Gasteiger partial charge in [0, 0.05) is 16.3 Å². The smallest absolute Gasteiger partial charge is 0.258 e. The van der Waals surface area contributed by atoms with Crippen LogP contribution in [0.1, 0.15) is 38.8 Å². The van der Waals surface area contributed by atoms with Crippen LogP contribution < -0.4 is 5.32 Å². The highest BCUT2D eigenvalue weighted by atomic mass is 32.1. The molecular formula is C21H18F2N2OS. The fourth-order valence-corrected chi connectivity index (χ4v) is 4.24. The number of rotatable bonds is 4. The number of nitrogens with one attached hydrogen (secondary N) is 1. The predicted octanol–water partition coefficient (Wildman–Crippen LogP) is 5.36. The van der Waals surface area contributed by atoms with Gasteiger partial charge < -0.3 is 10.2 Å². The lowest BCUT2D eigenvalue weighted by Gasteiger charge is -2.37. The Morgan fingerprint density at radius 2 is 1.78 bits per heavy atom. The van der Waals surface area contributed by atoms with Gasteiger partial charge >= 0.3 is 0 Å². The van der Waals surface area contributed by atoms with Crippen LogP contribution in [0, 0.1) is 11.6 Å². The fraction of sp³-hybridized carbons (Fsp3) is 0.190. The van der Waals surface area contributed by atoms with Gasteiger partial charge in [-0.15, -0.1) is 11.3 Å². The first-order chi connectivity index (χ1) is 13.0. The van der Waals surface area contributed by atoms with E-state index in [-0.39, 0.29) is 17.5 Å². The maximum atomic E-state index is 13.7. The summed E-state index contributed by atoms with van der Waals surface area (Å²) in [6.45, 7) is 2.41. The number of benzene rings is 2. The largest absolute Gasteiger partial charge is 0.360 e. The molecule has 1 amide bonds. The topological polar surface area (TPSA) is 32.3 Å². The third kappa shape index (κ3) is 3.45. The standard InChI is InChI=1S/C21H18F2N2OS/c1-2-16-8-10-19(27-16)20-24-18-11-15(23)7-9-17(18)21(26)25(20)12-13-3-5-14(22)6-4-13/h3-11,20,24H,2,12H2,1H3. The molecule has 0 bridgehead atoms. The third-order valence-electron chi connectivity index (χ3n) is 4.64. The van der Waals surface area contributed by atoms with Crippen molar-refractivity contribution < 1.29 is 13.6 Å². The van der Waals surface area contributed by atoms with Crippen molar-refractivity contribution in [1.29, 1.82) is 0 Å². The van der Waals surface area contributed by atoms with E-state index in [1.165, 1.54) is 35.2 Å². The van der Waals surface area contributed by atoms with Gasteiger partial charge in [0.15, 0.2) is 0 Å². The molecule has 0 spiro atoms. The number of carbonyl (C=O) groups excluding carboxylic acids is 1. The number of anilines is 1. The molecule has 27 heavy (non-hydrogen) atoms. The van der Waals surface area contributed by atoms with Crippen LogP contribution in [0.4, 0.5) is 14.5 Å². The minimum Gasteiger partial charge on any atom is -0.360 e. The first-order valence-corrected chi connectivity index (χ1v) is 9.57. The van der Waals surface area contributed by atoms with Crippen molar-refractivity contribution in [3.63, 3.8) is 0 Å². The second-order valence-electron chi connectivity index (χ2n) is 6.45. The van der Waals surface area contributed by atoms with Crippen molar-refractivity contribution in [2.75, 3.05) is 5.32 Å². The van der Waals surface area contributed by atoms with Crippen molar-refractivity contribution in [2.45, 2.75) is 26.1 Å². The molecule has 0 saturated carbocycles. The Bertz CT molecular complexity index is 984. The molecule has 138 valence electrons. The van der Waals surface area contributed by atoms with Crippen LogP contribution in [0.5, 0.6) is 0 Å². The van der Waals surface area contributed by atoms with Crippen molar-refractivity contribution in [3.05, 3.63) is 87.1 Å². The van der Waals surface area contributed by atoms with Gasteiger partial charge in [-0.2, -0.15) is 0 Å². The van der Waals surface area contributed by atoms with E-state index in [9.17, 15) is 13.6 Å². The molecule has 0 fully saturated rings. The third-order valence-corrected chi connectivity index (χ3v) is 5.93. The van der Waals surface area contributed by atoms with Gasteiger partial charge in [0.1, 0.15) is 17.8 Å². The van der Waals surface area contributed by atoms with E-state index in [4.69, 9.17) is 0 Å². The summed E-state index contributed by atoms with van der Waals surface area (Å²) in [5.74, 6) is -0.880. The van der Waals surface area contributed by atoms with E-state index in [1.54, 1.807) is 28.4 Å². The number of carbonyl (C=O) groups is 1. The van der Waals surface area contributed by atoms with Crippen molar-refractivity contribution in [3.8, 4) is 0 Å². The van der Waals surface area contributed by atoms with Gasteiger partial charge in [0.05, 0.1) is 11.3 Å². The summed E-state index contributed by atoms with van der Waals surface area (Å²) in [4.78, 5) is 17.1. The molecule has 3 nitrogen and oxygen atoms in total. The Morgan fingerprint density at radius 1 is 1.04 bits per heavy atom. The summed E-state index contributed by atoms with van der Waals surface area (Å²) < 4.78 is 26.9. The second kappa shape index (κ2) is 7.12. The monoisotopic (exact) mass is 384 g/mol. The summed E-state index contributed by atoms with van der Waals surface area (Å²) in [6.07, 6.45) is 0.510. The van der Waals surface area contributed by atoms with Gasteiger partial charge in [0.2, 0.25) is 0 Å². The number of aryl methyl sites for hydroxylation is 1. The molecule has 3 aromatic rings. The van der Waals surface area contributed by atoms with E-state index < -0.39 is 6.17 Å². The molecule has 1 aliphatic rings. The number of thiophene rings is 1. The average Bonchev–Trinajstić information content (AvgIpc) is 3.14. The maximum Gasteiger partial charge on any atom is 0.258 e. The summed E-state index contributed by atoms with van der Waals surface area (Å²) in [5.41, 5.74) is 1.75. The van der Waals surface area contributed by atoms with E-state index in [2.05, 4.69) is 12.2 Å². The molecule has 0 saturated heterocycles. The summed E-state index contributed by atoms with van der Waals surface area (Å²) in [5, 5.41) is 3.31. The Balaban J connectivity index is 1.74.